The van der Waals surface area contributed by atoms with Crippen LogP contribution in [0.3, 0.4) is 0 Å². The Labute approximate surface area is 101 Å². The lowest BCUT2D eigenvalue weighted by atomic mass is 10.3. The van der Waals surface area contributed by atoms with Gasteiger partial charge in [0.25, 0.3) is 5.91 Å². The fourth-order valence-electron chi connectivity index (χ4n) is 1.76. The van der Waals surface area contributed by atoms with Gasteiger partial charge in [-0.1, -0.05) is 6.07 Å². The molecule has 0 saturated carbocycles. The van der Waals surface area contributed by atoms with Gasteiger partial charge in [0.05, 0.1) is 13.2 Å². The molecule has 92 valence electrons. The zero-order valence-corrected chi connectivity index (χ0v) is 9.98. The van der Waals surface area contributed by atoms with Crippen molar-refractivity contribution in [2.24, 2.45) is 0 Å². The quantitative estimate of drug-likeness (QED) is 0.848. The maximum Gasteiger partial charge on any atom is 0.272 e. The van der Waals surface area contributed by atoms with Crippen LogP contribution in [0.25, 0.3) is 0 Å². The van der Waals surface area contributed by atoms with Crippen molar-refractivity contribution in [2.45, 2.75) is 6.92 Å². The van der Waals surface area contributed by atoms with Crippen molar-refractivity contribution in [1.29, 1.82) is 0 Å². The fraction of sp³-hybridized carbons (Fsp3) is 0.500. The van der Waals surface area contributed by atoms with Crippen molar-refractivity contribution in [3.8, 4) is 0 Å². The number of aromatic nitrogens is 1. The lowest BCUT2D eigenvalue weighted by molar-refractivity contribution is 0.0299. The third-order valence-corrected chi connectivity index (χ3v) is 2.62. The second-order valence-corrected chi connectivity index (χ2v) is 3.84. The smallest absolute Gasteiger partial charge is 0.272 e. The van der Waals surface area contributed by atoms with Crippen molar-refractivity contribution in [1.82, 2.24) is 9.88 Å². The molecule has 1 aromatic rings. The summed E-state index contributed by atoms with van der Waals surface area (Å²) >= 11 is 0. The number of carbonyl (C=O) groups excluding carboxylic acids is 1. The van der Waals surface area contributed by atoms with Gasteiger partial charge in [-0.05, 0) is 19.1 Å². The Balaban J connectivity index is 2.09. The summed E-state index contributed by atoms with van der Waals surface area (Å²) in [5.41, 5.74) is 0.491. The van der Waals surface area contributed by atoms with Crippen LogP contribution in [0.2, 0.25) is 0 Å². The zero-order valence-electron chi connectivity index (χ0n) is 9.98. The first kappa shape index (κ1) is 11.9. The fourth-order valence-corrected chi connectivity index (χ4v) is 1.76. The van der Waals surface area contributed by atoms with Gasteiger partial charge in [0.15, 0.2) is 0 Å². The molecule has 2 heterocycles. The number of carbonyl (C=O) groups is 1. The van der Waals surface area contributed by atoms with Gasteiger partial charge in [-0.2, -0.15) is 0 Å². The Morgan fingerprint density at radius 3 is 2.94 bits per heavy atom. The Morgan fingerprint density at radius 1 is 1.47 bits per heavy atom. The highest BCUT2D eigenvalue weighted by Crippen LogP contribution is 2.08. The predicted molar refractivity (Wildman–Crippen MR) is 65.1 cm³/mol. The molecule has 0 radical (unpaired) electrons. The molecular formula is C12H17N3O2. The van der Waals surface area contributed by atoms with Crippen molar-refractivity contribution in [3.63, 3.8) is 0 Å². The van der Waals surface area contributed by atoms with Crippen LogP contribution in [-0.4, -0.2) is 48.6 Å². The van der Waals surface area contributed by atoms with E-state index in [1.54, 1.807) is 11.0 Å². The maximum absolute atomic E-state index is 12.1. The molecule has 0 spiro atoms. The predicted octanol–water partition coefficient (Wildman–Crippen LogP) is 0.986. The molecular weight excluding hydrogens is 218 g/mol. The minimum Gasteiger partial charge on any atom is -0.378 e. The molecule has 2 rings (SSSR count). The molecule has 5 heteroatoms. The normalized spacial score (nSPS) is 15.7. The topological polar surface area (TPSA) is 54.5 Å². The number of rotatable bonds is 3. The maximum atomic E-state index is 12.1. The highest BCUT2D eigenvalue weighted by Gasteiger charge is 2.19. The van der Waals surface area contributed by atoms with Crippen molar-refractivity contribution >= 4 is 11.7 Å². The van der Waals surface area contributed by atoms with E-state index in [0.29, 0.717) is 32.0 Å². The van der Waals surface area contributed by atoms with Gasteiger partial charge in [-0.25, -0.2) is 4.98 Å². The Hall–Kier alpha value is -1.62. The average molecular weight is 235 g/mol. The summed E-state index contributed by atoms with van der Waals surface area (Å²) in [5, 5.41) is 3.10. The van der Waals surface area contributed by atoms with Crippen molar-refractivity contribution in [2.75, 3.05) is 38.2 Å². The van der Waals surface area contributed by atoms with E-state index in [2.05, 4.69) is 10.3 Å². The van der Waals surface area contributed by atoms with E-state index in [1.165, 1.54) is 0 Å². The van der Waals surface area contributed by atoms with Crippen LogP contribution in [0.1, 0.15) is 17.4 Å². The van der Waals surface area contributed by atoms with Crippen LogP contribution in [0.5, 0.6) is 0 Å². The van der Waals surface area contributed by atoms with Crippen LogP contribution < -0.4 is 5.32 Å². The van der Waals surface area contributed by atoms with E-state index >= 15 is 0 Å². The molecule has 5 nitrogen and oxygen atoms in total. The molecule has 1 N–H and O–H groups in total. The summed E-state index contributed by atoms with van der Waals surface area (Å²) < 4.78 is 5.22. The van der Waals surface area contributed by atoms with Crippen LogP contribution in [-0.2, 0) is 4.74 Å². The van der Waals surface area contributed by atoms with Crippen LogP contribution in [0.15, 0.2) is 18.2 Å². The van der Waals surface area contributed by atoms with Gasteiger partial charge in [0.2, 0.25) is 0 Å². The van der Waals surface area contributed by atoms with E-state index in [0.717, 1.165) is 12.4 Å². The van der Waals surface area contributed by atoms with Crippen LogP contribution >= 0.6 is 0 Å². The lowest BCUT2D eigenvalue weighted by Crippen LogP contribution is -2.41. The highest BCUT2D eigenvalue weighted by molar-refractivity contribution is 5.92. The monoisotopic (exact) mass is 235 g/mol. The molecule has 1 aliphatic rings. The van der Waals surface area contributed by atoms with Gasteiger partial charge in [-0.15, -0.1) is 0 Å². The van der Waals surface area contributed by atoms with Crippen LogP contribution in [0.4, 0.5) is 5.82 Å². The van der Waals surface area contributed by atoms with Gasteiger partial charge >= 0.3 is 0 Å². The van der Waals surface area contributed by atoms with E-state index in [-0.39, 0.29) is 5.91 Å². The molecule has 17 heavy (non-hydrogen) atoms. The van der Waals surface area contributed by atoms with Crippen molar-refractivity contribution in [3.05, 3.63) is 23.9 Å². The number of amides is 1. The summed E-state index contributed by atoms with van der Waals surface area (Å²) in [7, 11) is 0. The summed E-state index contributed by atoms with van der Waals surface area (Å²) in [6.45, 7) is 5.30. The van der Waals surface area contributed by atoms with Crippen LogP contribution in [0, 0.1) is 0 Å². The first-order valence-corrected chi connectivity index (χ1v) is 5.89. The Morgan fingerprint density at radius 2 is 2.24 bits per heavy atom. The number of hydrogen-bond acceptors (Lipinski definition) is 4. The second-order valence-electron chi connectivity index (χ2n) is 3.84. The molecule has 1 aromatic heterocycles. The first-order valence-electron chi connectivity index (χ1n) is 5.89. The number of ether oxygens (including phenoxy) is 1. The molecule has 1 amide bonds. The number of nitrogens with zero attached hydrogens (tertiary/aromatic N) is 2. The molecule has 1 fully saturated rings. The Bertz CT molecular complexity index is 389. The molecule has 0 unspecified atom stereocenters. The number of nitrogens with one attached hydrogen (secondary N) is 1. The average Bonchev–Trinajstić information content (AvgIpc) is 2.40. The molecule has 0 atom stereocenters. The molecule has 0 aliphatic carbocycles. The standard InChI is InChI=1S/C12H17N3O2/c1-2-13-11-5-3-4-10(14-11)12(16)15-6-8-17-9-7-15/h3-5H,2,6-9H2,1H3,(H,13,14). The molecule has 1 saturated heterocycles. The van der Waals surface area contributed by atoms with Gasteiger partial charge < -0.3 is 15.0 Å². The first-order chi connectivity index (χ1) is 8.31. The minimum absolute atomic E-state index is 0.0203. The van der Waals surface area contributed by atoms with Gasteiger partial charge in [0, 0.05) is 19.6 Å². The lowest BCUT2D eigenvalue weighted by Gasteiger charge is -2.26. The van der Waals surface area contributed by atoms with E-state index < -0.39 is 0 Å². The Kier molecular flexibility index (Phi) is 3.93. The van der Waals surface area contributed by atoms with E-state index in [4.69, 9.17) is 4.74 Å². The number of hydrogen-bond donors (Lipinski definition) is 1. The third kappa shape index (κ3) is 2.94. The van der Waals surface area contributed by atoms with Gasteiger partial charge in [-0.3, -0.25) is 4.79 Å². The van der Waals surface area contributed by atoms with E-state index in [9.17, 15) is 4.79 Å². The van der Waals surface area contributed by atoms with Gasteiger partial charge in [0.1, 0.15) is 11.5 Å². The number of pyridine rings is 1. The molecule has 0 aromatic carbocycles. The third-order valence-electron chi connectivity index (χ3n) is 2.62. The minimum atomic E-state index is -0.0203. The SMILES string of the molecule is CCNc1cccc(C(=O)N2CCOCC2)n1. The number of anilines is 1. The summed E-state index contributed by atoms with van der Waals surface area (Å²) in [6.07, 6.45) is 0. The highest BCUT2D eigenvalue weighted by atomic mass is 16.5. The molecule has 0 bridgehead atoms. The number of morpholine rings is 1. The second kappa shape index (κ2) is 5.63. The summed E-state index contributed by atoms with van der Waals surface area (Å²) in [5.74, 6) is 0.722. The summed E-state index contributed by atoms with van der Waals surface area (Å²) in [6, 6.07) is 5.46. The molecule has 1 aliphatic heterocycles. The van der Waals surface area contributed by atoms with Crippen molar-refractivity contribution < 1.29 is 9.53 Å². The van der Waals surface area contributed by atoms with E-state index in [1.807, 2.05) is 19.1 Å². The largest absolute Gasteiger partial charge is 0.378 e. The summed E-state index contributed by atoms with van der Waals surface area (Å²) in [4.78, 5) is 18.2. The zero-order chi connectivity index (χ0) is 12.1.